The van der Waals surface area contributed by atoms with Gasteiger partial charge in [-0.05, 0) is 74.2 Å². The van der Waals surface area contributed by atoms with Crippen LogP contribution in [0, 0.1) is 0 Å². The second kappa shape index (κ2) is 14.7. The quantitative estimate of drug-likeness (QED) is 0.0942. The van der Waals surface area contributed by atoms with Crippen molar-refractivity contribution in [3.05, 3.63) is 112 Å². The van der Waals surface area contributed by atoms with Gasteiger partial charge in [0.2, 0.25) is 5.91 Å². The van der Waals surface area contributed by atoms with E-state index in [0.717, 1.165) is 72.7 Å². The summed E-state index contributed by atoms with van der Waals surface area (Å²) in [6.07, 6.45) is 9.23. The van der Waals surface area contributed by atoms with E-state index in [2.05, 4.69) is 48.9 Å². The zero-order valence-electron chi connectivity index (χ0n) is 29.8. The number of carbonyl (C=O) groups is 2. The molecule has 5 aromatic rings. The van der Waals surface area contributed by atoms with Gasteiger partial charge in [-0.1, -0.05) is 29.5 Å². The molecule has 0 saturated carbocycles. The number of carbonyl (C=O) groups excluding carboxylic acids is 2. The molecule has 3 aliphatic rings. The largest absolute Gasteiger partial charge is 0.507 e. The van der Waals surface area contributed by atoms with E-state index >= 15 is 0 Å². The van der Waals surface area contributed by atoms with Crippen LogP contribution in [0.2, 0.25) is 0 Å². The van der Waals surface area contributed by atoms with E-state index in [9.17, 15) is 19.5 Å². The Kier molecular flexibility index (Phi) is 9.52. The van der Waals surface area contributed by atoms with Crippen LogP contribution < -0.4 is 21.2 Å². The number of piperidine rings is 1. The number of phenols is 1. The minimum atomic E-state index is -0.202. The van der Waals surface area contributed by atoms with Crippen molar-refractivity contribution in [3.63, 3.8) is 0 Å². The summed E-state index contributed by atoms with van der Waals surface area (Å²) in [4.78, 5) is 46.8. The van der Waals surface area contributed by atoms with Crippen LogP contribution in [0.1, 0.15) is 59.0 Å². The first-order valence-electron chi connectivity index (χ1n) is 18.4. The molecule has 2 bridgehead atoms. The molecule has 14 heteroatoms. The Morgan fingerprint density at radius 2 is 1.91 bits per heavy atom. The number of benzene rings is 2. The van der Waals surface area contributed by atoms with E-state index in [1.54, 1.807) is 35.9 Å². The van der Waals surface area contributed by atoms with Crippen molar-refractivity contribution >= 4 is 28.5 Å². The zero-order chi connectivity index (χ0) is 36.5. The van der Waals surface area contributed by atoms with Crippen LogP contribution in [0.5, 0.6) is 5.75 Å². The lowest BCUT2D eigenvalue weighted by Gasteiger charge is -2.34. The lowest BCUT2D eigenvalue weighted by Crippen LogP contribution is -2.44. The molecule has 2 aromatic carbocycles. The number of hydrogen-bond acceptors (Lipinski definition) is 10. The third-order valence-corrected chi connectivity index (χ3v) is 10.7. The number of nitrogens with one attached hydrogen (secondary N) is 2. The number of phenolic OH excluding ortho intramolecular Hbond substituents is 1. The third-order valence-electron chi connectivity index (χ3n) is 10.7. The van der Waals surface area contributed by atoms with E-state index < -0.39 is 0 Å². The summed E-state index contributed by atoms with van der Waals surface area (Å²) in [5.41, 5.74) is 5.01. The fourth-order valence-corrected chi connectivity index (χ4v) is 7.95. The molecule has 53 heavy (non-hydrogen) atoms. The molecular formula is C39H44N10O4. The molecule has 0 radical (unpaired) electrons. The van der Waals surface area contributed by atoms with Gasteiger partial charge in [-0.25, -0.2) is 14.5 Å². The Morgan fingerprint density at radius 3 is 2.72 bits per heavy atom. The van der Waals surface area contributed by atoms with Gasteiger partial charge in [0.1, 0.15) is 11.6 Å². The standard InChI is InChI=1S/C39H44N10O4/c1-45-34-18-26(11-13-33(34)49(39(45)53)29-12-14-38(52)41-21-29)20-40-16-5-7-28-23-47(44-43-28)22-27-6-4-10-37(42-27)48-25-30-19-31(48)24-46(30)17-15-36(51)32-8-2-3-9-35(32)50/h2-4,6,8-11,13,15,17-18,23,29-31,40,50H,5,7,12,14,16,19-22,24-25H2,1H3,(H,41,52)/b17-15+/t29?,30-,31-/m1/s1. The molecule has 3 aliphatic heterocycles. The van der Waals surface area contributed by atoms with Gasteiger partial charge in [0.15, 0.2) is 5.78 Å². The molecule has 3 N–H and O–H groups in total. The first-order chi connectivity index (χ1) is 25.8. The highest BCUT2D eigenvalue weighted by Crippen LogP contribution is 2.34. The molecule has 14 nitrogen and oxygen atoms in total. The van der Waals surface area contributed by atoms with Gasteiger partial charge < -0.3 is 25.5 Å². The number of aromatic nitrogens is 6. The summed E-state index contributed by atoms with van der Waals surface area (Å²) in [5.74, 6) is 0.788. The highest BCUT2D eigenvalue weighted by atomic mass is 16.3. The number of aryl methyl sites for hydroxylation is 2. The average molecular weight is 717 g/mol. The summed E-state index contributed by atoms with van der Waals surface area (Å²) in [7, 11) is 1.80. The Balaban J connectivity index is 0.797. The average Bonchev–Trinajstić information content (AvgIpc) is 3.95. The van der Waals surface area contributed by atoms with Crippen LogP contribution in [0.4, 0.5) is 5.82 Å². The van der Waals surface area contributed by atoms with Crippen molar-refractivity contribution in [2.24, 2.45) is 7.05 Å². The highest BCUT2D eigenvalue weighted by molar-refractivity contribution is 6.06. The number of piperazine rings is 1. The molecule has 274 valence electrons. The third kappa shape index (κ3) is 7.18. The summed E-state index contributed by atoms with van der Waals surface area (Å²) in [5, 5.41) is 25.2. The summed E-state index contributed by atoms with van der Waals surface area (Å²) < 4.78 is 5.36. The summed E-state index contributed by atoms with van der Waals surface area (Å²) >= 11 is 0. The Bertz CT molecular complexity index is 2230. The second-order valence-corrected chi connectivity index (χ2v) is 14.3. The highest BCUT2D eigenvalue weighted by Gasteiger charge is 2.42. The molecule has 0 aliphatic carbocycles. The second-order valence-electron chi connectivity index (χ2n) is 14.3. The smallest absolute Gasteiger partial charge is 0.329 e. The van der Waals surface area contributed by atoms with E-state index in [4.69, 9.17) is 4.98 Å². The molecule has 3 fully saturated rings. The predicted molar refractivity (Wildman–Crippen MR) is 200 cm³/mol. The van der Waals surface area contributed by atoms with Gasteiger partial charge in [0, 0.05) is 70.2 Å². The van der Waals surface area contributed by atoms with Crippen molar-refractivity contribution in [2.75, 3.05) is 31.1 Å². The van der Waals surface area contributed by atoms with Crippen molar-refractivity contribution < 1.29 is 14.7 Å². The van der Waals surface area contributed by atoms with Crippen LogP contribution in [0.3, 0.4) is 0 Å². The van der Waals surface area contributed by atoms with Gasteiger partial charge in [0.05, 0.1) is 40.6 Å². The minimum Gasteiger partial charge on any atom is -0.507 e. The number of nitrogens with zero attached hydrogens (tertiary/aromatic N) is 8. The van der Waals surface area contributed by atoms with Crippen LogP contribution in [0.15, 0.2) is 83.9 Å². The van der Waals surface area contributed by atoms with E-state index in [1.807, 2.05) is 39.8 Å². The number of ketones is 1. The number of pyridine rings is 1. The molecule has 6 heterocycles. The van der Waals surface area contributed by atoms with Gasteiger partial charge >= 0.3 is 5.69 Å². The first-order valence-corrected chi connectivity index (χ1v) is 18.4. The molecular weight excluding hydrogens is 672 g/mol. The number of anilines is 1. The SMILES string of the molecule is Cn1c(=O)n(C2CCC(=O)NC2)c2ccc(CNCCCc3cn(Cc4cccc(N5C[C@H]6C[C@@H]5CN6/C=C/C(=O)c5ccccc5O)n4)nn3)cc21. The fourth-order valence-electron chi connectivity index (χ4n) is 7.95. The predicted octanol–water partition coefficient (Wildman–Crippen LogP) is 2.91. The summed E-state index contributed by atoms with van der Waals surface area (Å²) in [6, 6.07) is 19.5. The molecule has 1 unspecified atom stereocenters. The maximum Gasteiger partial charge on any atom is 0.329 e. The summed E-state index contributed by atoms with van der Waals surface area (Å²) in [6.45, 7) is 4.17. The van der Waals surface area contributed by atoms with Crippen LogP contribution in [-0.4, -0.2) is 89.1 Å². The Morgan fingerprint density at radius 1 is 1.02 bits per heavy atom. The lowest BCUT2D eigenvalue weighted by molar-refractivity contribution is -0.122. The molecule has 3 atom stereocenters. The van der Waals surface area contributed by atoms with Gasteiger partial charge in [-0.15, -0.1) is 5.10 Å². The van der Waals surface area contributed by atoms with Crippen molar-refractivity contribution in [1.29, 1.82) is 0 Å². The monoisotopic (exact) mass is 716 g/mol. The van der Waals surface area contributed by atoms with E-state index in [0.29, 0.717) is 50.1 Å². The Hall–Kier alpha value is -5.76. The van der Waals surface area contributed by atoms with Crippen LogP contribution in [-0.2, 0) is 31.4 Å². The molecule has 0 spiro atoms. The van der Waals surface area contributed by atoms with Gasteiger partial charge in [-0.3, -0.25) is 18.7 Å². The lowest BCUT2D eigenvalue weighted by atomic mass is 10.1. The molecule has 3 saturated heterocycles. The number of allylic oxidation sites excluding steroid dienone is 1. The number of amides is 1. The number of rotatable bonds is 13. The minimum absolute atomic E-state index is 0.00284. The van der Waals surface area contributed by atoms with E-state index in [1.165, 1.54) is 6.07 Å². The maximum atomic E-state index is 13.1. The fraction of sp³-hybridized carbons (Fsp3) is 0.385. The van der Waals surface area contributed by atoms with Gasteiger partial charge in [-0.2, -0.15) is 0 Å². The molecule has 1 amide bonds. The number of aromatic hydroxyl groups is 1. The maximum absolute atomic E-state index is 13.1. The van der Waals surface area contributed by atoms with Gasteiger partial charge in [0.25, 0.3) is 0 Å². The zero-order valence-corrected chi connectivity index (χ0v) is 29.8. The number of hydrogen-bond donors (Lipinski definition) is 3. The normalized spacial score (nSPS) is 19.9. The molecule has 3 aromatic heterocycles. The Labute approximate surface area is 306 Å². The number of fused-ring (bicyclic) bond motifs is 3. The number of likely N-dealkylation sites (tertiary alicyclic amines) is 1. The van der Waals surface area contributed by atoms with Crippen molar-refractivity contribution in [3.8, 4) is 5.75 Å². The van der Waals surface area contributed by atoms with E-state index in [-0.39, 0.29) is 29.2 Å². The number of imidazole rings is 1. The van der Waals surface area contributed by atoms with Crippen molar-refractivity contribution in [1.82, 2.24) is 44.6 Å². The first kappa shape index (κ1) is 34.3. The number of para-hydroxylation sites is 1. The topological polar surface area (TPSA) is 155 Å². The van der Waals surface area contributed by atoms with Crippen LogP contribution >= 0.6 is 0 Å². The van der Waals surface area contributed by atoms with Crippen LogP contribution in [0.25, 0.3) is 11.0 Å². The molecule has 8 rings (SSSR count). The van der Waals surface area contributed by atoms with Crippen molar-refractivity contribution in [2.45, 2.75) is 63.3 Å².